The summed E-state index contributed by atoms with van der Waals surface area (Å²) in [5.41, 5.74) is 1.26. The lowest BCUT2D eigenvalue weighted by molar-refractivity contribution is 0.0704. The van der Waals surface area contributed by atoms with Gasteiger partial charge in [0.15, 0.2) is 0 Å². The van der Waals surface area contributed by atoms with Gasteiger partial charge in [-0.1, -0.05) is 30.3 Å². The molecule has 0 aliphatic carbocycles. The molecule has 0 bridgehead atoms. The number of aliphatic hydroxyl groups is 1. The van der Waals surface area contributed by atoms with Crippen LogP contribution < -0.4 is 0 Å². The zero-order valence-electron chi connectivity index (χ0n) is 11.7. The summed E-state index contributed by atoms with van der Waals surface area (Å²) in [5, 5.41) is 9.24. The molecular formula is C16H17FN2O2. The van der Waals surface area contributed by atoms with Crippen LogP contribution in [0.15, 0.2) is 48.7 Å². The fourth-order valence-corrected chi connectivity index (χ4v) is 2.23. The van der Waals surface area contributed by atoms with Crippen molar-refractivity contribution in [1.82, 2.24) is 9.88 Å². The van der Waals surface area contributed by atoms with Gasteiger partial charge in [-0.25, -0.2) is 4.98 Å². The molecule has 1 N–H and O–H groups in total. The first kappa shape index (κ1) is 15.1. The lowest BCUT2D eigenvalue weighted by Gasteiger charge is -2.28. The number of aromatic nitrogens is 1. The first-order valence-electron chi connectivity index (χ1n) is 6.68. The van der Waals surface area contributed by atoms with Crippen LogP contribution in [0.5, 0.6) is 0 Å². The normalized spacial score (nSPS) is 12.0. The second-order valence-corrected chi connectivity index (χ2v) is 4.72. The summed E-state index contributed by atoms with van der Waals surface area (Å²) in [7, 11) is 1.67. The number of pyridine rings is 1. The van der Waals surface area contributed by atoms with Gasteiger partial charge in [0.25, 0.3) is 5.91 Å². The molecular weight excluding hydrogens is 271 g/mol. The molecule has 21 heavy (non-hydrogen) atoms. The van der Waals surface area contributed by atoms with E-state index in [0.29, 0.717) is 12.0 Å². The van der Waals surface area contributed by atoms with Crippen molar-refractivity contribution >= 4 is 5.91 Å². The number of benzene rings is 1. The molecule has 1 aromatic carbocycles. The molecule has 0 fully saturated rings. The Morgan fingerprint density at radius 2 is 2.00 bits per heavy atom. The summed E-state index contributed by atoms with van der Waals surface area (Å²) in [6.45, 7) is -0.0289. The number of amides is 1. The topological polar surface area (TPSA) is 53.4 Å². The maximum absolute atomic E-state index is 12.8. The van der Waals surface area contributed by atoms with Crippen molar-refractivity contribution in [2.24, 2.45) is 0 Å². The maximum Gasteiger partial charge on any atom is 0.255 e. The van der Waals surface area contributed by atoms with Crippen LogP contribution in [0.2, 0.25) is 0 Å². The van der Waals surface area contributed by atoms with E-state index in [1.165, 1.54) is 12.3 Å². The van der Waals surface area contributed by atoms with Crippen molar-refractivity contribution in [1.29, 1.82) is 0 Å². The van der Waals surface area contributed by atoms with E-state index in [0.717, 1.165) is 11.6 Å². The molecule has 1 aromatic heterocycles. The van der Waals surface area contributed by atoms with Crippen LogP contribution in [-0.4, -0.2) is 34.6 Å². The van der Waals surface area contributed by atoms with E-state index in [2.05, 4.69) is 4.98 Å². The van der Waals surface area contributed by atoms with Crippen LogP contribution in [0.1, 0.15) is 28.4 Å². The minimum atomic E-state index is -0.621. The van der Waals surface area contributed by atoms with Gasteiger partial charge in [0.2, 0.25) is 5.95 Å². The van der Waals surface area contributed by atoms with Gasteiger partial charge in [-0.2, -0.15) is 4.39 Å². The molecule has 1 atom stereocenters. The molecule has 0 spiro atoms. The van der Waals surface area contributed by atoms with E-state index >= 15 is 0 Å². The van der Waals surface area contributed by atoms with Gasteiger partial charge < -0.3 is 10.0 Å². The van der Waals surface area contributed by atoms with Crippen molar-refractivity contribution < 1.29 is 14.3 Å². The van der Waals surface area contributed by atoms with E-state index < -0.39 is 5.95 Å². The Hall–Kier alpha value is -2.27. The Morgan fingerprint density at radius 3 is 2.57 bits per heavy atom. The highest BCUT2D eigenvalue weighted by Gasteiger charge is 2.22. The smallest absolute Gasteiger partial charge is 0.255 e. The van der Waals surface area contributed by atoms with Crippen LogP contribution in [0, 0.1) is 5.95 Å². The third-order valence-electron chi connectivity index (χ3n) is 3.35. The fraction of sp³-hybridized carbons (Fsp3) is 0.250. The van der Waals surface area contributed by atoms with E-state index in [-0.39, 0.29) is 18.6 Å². The first-order valence-corrected chi connectivity index (χ1v) is 6.68. The van der Waals surface area contributed by atoms with Gasteiger partial charge in [0.1, 0.15) is 0 Å². The van der Waals surface area contributed by atoms with Crippen molar-refractivity contribution in [2.75, 3.05) is 13.7 Å². The molecule has 0 aliphatic heterocycles. The largest absolute Gasteiger partial charge is 0.396 e. The summed E-state index contributed by atoms with van der Waals surface area (Å²) >= 11 is 0. The summed E-state index contributed by atoms with van der Waals surface area (Å²) in [4.78, 5) is 17.5. The van der Waals surface area contributed by atoms with Crippen molar-refractivity contribution in [2.45, 2.75) is 12.5 Å². The Kier molecular flexibility index (Phi) is 5.00. The SMILES string of the molecule is CN(C(=O)c1ccc(F)nc1)C(CCO)c1ccccc1. The lowest BCUT2D eigenvalue weighted by atomic mass is 10.0. The van der Waals surface area contributed by atoms with Gasteiger partial charge in [0.05, 0.1) is 11.6 Å². The van der Waals surface area contributed by atoms with Crippen LogP contribution >= 0.6 is 0 Å². The molecule has 0 aliphatic rings. The highest BCUT2D eigenvalue weighted by molar-refractivity contribution is 5.94. The van der Waals surface area contributed by atoms with Gasteiger partial charge in [-0.05, 0) is 24.1 Å². The van der Waals surface area contributed by atoms with Crippen molar-refractivity contribution in [3.05, 3.63) is 65.7 Å². The Bertz CT molecular complexity index is 587. The molecule has 5 heteroatoms. The molecule has 2 aromatic rings. The highest BCUT2D eigenvalue weighted by Crippen LogP contribution is 2.24. The van der Waals surface area contributed by atoms with Crippen LogP contribution in [-0.2, 0) is 0 Å². The highest BCUT2D eigenvalue weighted by atomic mass is 19.1. The predicted molar refractivity (Wildman–Crippen MR) is 77.2 cm³/mol. The van der Waals surface area contributed by atoms with E-state index in [4.69, 9.17) is 0 Å². The number of hydrogen-bond donors (Lipinski definition) is 1. The Labute approximate surface area is 122 Å². The second-order valence-electron chi connectivity index (χ2n) is 4.72. The average molecular weight is 288 g/mol. The zero-order valence-corrected chi connectivity index (χ0v) is 11.7. The average Bonchev–Trinajstić information content (AvgIpc) is 2.53. The third kappa shape index (κ3) is 3.64. The standard InChI is InChI=1S/C16H17FN2O2/c1-19(16(21)13-7-8-15(17)18-11-13)14(9-10-20)12-5-3-2-4-6-12/h2-8,11,14,20H,9-10H2,1H3. The van der Waals surface area contributed by atoms with Crippen LogP contribution in [0.4, 0.5) is 4.39 Å². The minimum absolute atomic E-state index is 0.0289. The fourth-order valence-electron chi connectivity index (χ4n) is 2.23. The molecule has 0 saturated carbocycles. The Morgan fingerprint density at radius 1 is 1.29 bits per heavy atom. The molecule has 4 nitrogen and oxygen atoms in total. The van der Waals surface area contributed by atoms with Gasteiger partial charge in [-0.3, -0.25) is 4.79 Å². The summed E-state index contributed by atoms with van der Waals surface area (Å²) < 4.78 is 12.8. The summed E-state index contributed by atoms with van der Waals surface area (Å²) in [6, 6.07) is 11.8. The van der Waals surface area contributed by atoms with Gasteiger partial charge in [-0.15, -0.1) is 0 Å². The molecule has 0 saturated heterocycles. The molecule has 1 amide bonds. The number of hydrogen-bond acceptors (Lipinski definition) is 3. The minimum Gasteiger partial charge on any atom is -0.396 e. The molecule has 1 unspecified atom stereocenters. The monoisotopic (exact) mass is 288 g/mol. The van der Waals surface area contributed by atoms with E-state index in [9.17, 15) is 14.3 Å². The number of halogens is 1. The van der Waals surface area contributed by atoms with Crippen LogP contribution in [0.25, 0.3) is 0 Å². The quantitative estimate of drug-likeness (QED) is 0.860. The lowest BCUT2D eigenvalue weighted by Crippen LogP contribution is -2.32. The molecule has 110 valence electrons. The number of aliphatic hydroxyl groups excluding tert-OH is 1. The summed E-state index contributed by atoms with van der Waals surface area (Å²) in [5.74, 6) is -0.881. The van der Waals surface area contributed by atoms with E-state index in [1.807, 2.05) is 30.3 Å². The third-order valence-corrected chi connectivity index (χ3v) is 3.35. The second kappa shape index (κ2) is 6.95. The van der Waals surface area contributed by atoms with Gasteiger partial charge >= 0.3 is 0 Å². The summed E-state index contributed by atoms with van der Waals surface area (Å²) in [6.07, 6.45) is 1.65. The van der Waals surface area contributed by atoms with E-state index in [1.54, 1.807) is 11.9 Å². The first-order chi connectivity index (χ1) is 10.1. The Balaban J connectivity index is 2.24. The van der Waals surface area contributed by atoms with Crippen LogP contribution in [0.3, 0.4) is 0 Å². The van der Waals surface area contributed by atoms with Crippen molar-refractivity contribution in [3.63, 3.8) is 0 Å². The van der Waals surface area contributed by atoms with Crippen molar-refractivity contribution in [3.8, 4) is 0 Å². The number of carbonyl (C=O) groups is 1. The molecule has 2 rings (SSSR count). The molecule has 0 radical (unpaired) electrons. The molecule has 1 heterocycles. The number of nitrogens with zero attached hydrogens (tertiary/aromatic N) is 2. The van der Waals surface area contributed by atoms with Gasteiger partial charge in [0, 0.05) is 19.9 Å². The predicted octanol–water partition coefficient (Wildman–Crippen LogP) is 2.42. The number of carbonyl (C=O) groups excluding carboxylic acids is 1. The number of rotatable bonds is 5. The zero-order chi connectivity index (χ0) is 15.2. The maximum atomic E-state index is 12.8.